The normalized spacial score (nSPS) is 14.6. The molecule has 1 aliphatic rings. The van der Waals surface area contributed by atoms with E-state index in [0.29, 0.717) is 12.3 Å². The number of rotatable bonds is 5. The van der Waals surface area contributed by atoms with Crippen LogP contribution in [0.5, 0.6) is 0 Å². The van der Waals surface area contributed by atoms with E-state index in [4.69, 9.17) is 0 Å². The van der Waals surface area contributed by atoms with Gasteiger partial charge in [-0.25, -0.2) is 0 Å². The fourth-order valence-corrected chi connectivity index (χ4v) is 3.20. The van der Waals surface area contributed by atoms with E-state index in [9.17, 15) is 4.79 Å². The number of nitrogens with one attached hydrogen (secondary N) is 1. The first-order chi connectivity index (χ1) is 9.97. The molecule has 5 nitrogen and oxygen atoms in total. The molecule has 0 saturated heterocycles. The Balaban J connectivity index is 1.93. The highest BCUT2D eigenvalue weighted by Crippen LogP contribution is 2.17. The van der Waals surface area contributed by atoms with E-state index >= 15 is 0 Å². The third-order valence-electron chi connectivity index (χ3n) is 3.50. The van der Waals surface area contributed by atoms with Gasteiger partial charge in [-0.15, -0.1) is 0 Å². The highest BCUT2D eigenvalue weighted by atomic mass is 32.2. The Morgan fingerprint density at radius 1 is 1.43 bits per heavy atom. The van der Waals surface area contributed by atoms with Crippen LogP contribution < -0.4 is 5.32 Å². The van der Waals surface area contributed by atoms with Crippen LogP contribution in [-0.4, -0.2) is 33.2 Å². The quantitative estimate of drug-likeness (QED) is 0.908. The van der Waals surface area contributed by atoms with Crippen LogP contribution in [0.1, 0.15) is 37.2 Å². The van der Waals surface area contributed by atoms with E-state index in [1.165, 1.54) is 11.3 Å². The van der Waals surface area contributed by atoms with Crippen molar-refractivity contribution in [3.05, 3.63) is 17.0 Å². The van der Waals surface area contributed by atoms with Crippen molar-refractivity contribution in [1.29, 1.82) is 0 Å². The third kappa shape index (κ3) is 4.33. The number of carbonyl (C=O) groups is 1. The molecule has 2 heterocycles. The van der Waals surface area contributed by atoms with Gasteiger partial charge in [-0.1, -0.05) is 25.6 Å². The van der Waals surface area contributed by atoms with Crippen molar-refractivity contribution >= 4 is 22.8 Å². The number of hydrogen-bond acceptors (Lipinski definition) is 4. The molecule has 0 aromatic carbocycles. The molecule has 116 valence electrons. The number of aliphatic imine (C=N–C) groups is 1. The minimum Gasteiger partial charge on any atom is -0.305 e. The van der Waals surface area contributed by atoms with Crippen LogP contribution in [0.3, 0.4) is 0 Å². The summed E-state index contributed by atoms with van der Waals surface area (Å²) < 4.78 is 2.06. The molecule has 0 spiro atoms. The first-order valence-electron chi connectivity index (χ1n) is 7.47. The minimum atomic E-state index is 0.0403. The number of thioether (sulfide) groups is 1. The van der Waals surface area contributed by atoms with E-state index in [1.807, 2.05) is 6.92 Å². The lowest BCUT2D eigenvalue weighted by molar-refractivity contribution is -0.119. The van der Waals surface area contributed by atoms with Crippen molar-refractivity contribution < 1.29 is 4.79 Å². The maximum atomic E-state index is 11.9. The third-order valence-corrected chi connectivity index (χ3v) is 4.39. The van der Waals surface area contributed by atoms with E-state index in [1.54, 1.807) is 11.8 Å². The van der Waals surface area contributed by atoms with Crippen LogP contribution in [0.4, 0.5) is 0 Å². The predicted octanol–water partition coefficient (Wildman–Crippen LogP) is 2.31. The molecule has 6 heteroatoms. The van der Waals surface area contributed by atoms with Gasteiger partial charge < -0.3 is 5.32 Å². The van der Waals surface area contributed by atoms with Crippen LogP contribution in [0.15, 0.2) is 4.99 Å². The van der Waals surface area contributed by atoms with E-state index in [2.05, 4.69) is 40.9 Å². The second-order valence-electron chi connectivity index (χ2n) is 5.81. The number of amides is 1. The summed E-state index contributed by atoms with van der Waals surface area (Å²) in [6.45, 7) is 10.2. The van der Waals surface area contributed by atoms with Gasteiger partial charge in [-0.05, 0) is 31.7 Å². The topological polar surface area (TPSA) is 59.3 Å². The van der Waals surface area contributed by atoms with Crippen molar-refractivity contribution in [2.24, 2.45) is 10.9 Å². The van der Waals surface area contributed by atoms with Gasteiger partial charge in [0.05, 0.1) is 12.2 Å². The first kappa shape index (κ1) is 16.1. The van der Waals surface area contributed by atoms with Gasteiger partial charge in [-0.3, -0.25) is 14.5 Å². The van der Waals surface area contributed by atoms with Gasteiger partial charge in [0.1, 0.15) is 0 Å². The lowest BCUT2D eigenvalue weighted by Gasteiger charge is -2.08. The molecular formula is C15H24N4OS. The van der Waals surface area contributed by atoms with Crippen LogP contribution in [-0.2, 0) is 17.8 Å². The zero-order valence-electron chi connectivity index (χ0n) is 13.3. The smallest absolute Gasteiger partial charge is 0.226 e. The van der Waals surface area contributed by atoms with Gasteiger partial charge in [0.2, 0.25) is 5.91 Å². The van der Waals surface area contributed by atoms with Crippen molar-refractivity contribution in [1.82, 2.24) is 15.1 Å². The first-order valence-corrected chi connectivity index (χ1v) is 8.46. The number of hydrogen-bond donors (Lipinski definition) is 1. The lowest BCUT2D eigenvalue weighted by Crippen LogP contribution is -2.27. The summed E-state index contributed by atoms with van der Waals surface area (Å²) in [5.74, 6) is 1.57. The van der Waals surface area contributed by atoms with Crippen molar-refractivity contribution in [3.8, 4) is 0 Å². The summed E-state index contributed by atoms with van der Waals surface area (Å²) in [7, 11) is 0. The summed E-state index contributed by atoms with van der Waals surface area (Å²) in [5, 5.41) is 8.23. The highest BCUT2D eigenvalue weighted by Gasteiger charge is 2.15. The molecule has 1 N–H and O–H groups in total. The van der Waals surface area contributed by atoms with Crippen LogP contribution in [0, 0.1) is 19.8 Å². The molecule has 2 rings (SSSR count). The zero-order valence-corrected chi connectivity index (χ0v) is 14.1. The molecule has 1 aromatic heterocycles. The average Bonchev–Trinajstić information content (AvgIpc) is 2.97. The Morgan fingerprint density at radius 2 is 2.19 bits per heavy atom. The Hall–Kier alpha value is -1.30. The molecule has 0 aliphatic carbocycles. The summed E-state index contributed by atoms with van der Waals surface area (Å²) in [6, 6.07) is 0. The molecule has 0 radical (unpaired) electrons. The highest BCUT2D eigenvalue weighted by molar-refractivity contribution is 8.14. The fourth-order valence-electron chi connectivity index (χ4n) is 2.45. The van der Waals surface area contributed by atoms with Crippen LogP contribution in [0.25, 0.3) is 0 Å². The summed E-state index contributed by atoms with van der Waals surface area (Å²) in [6.07, 6.45) is 1.22. The molecule has 0 atom stereocenters. The Bertz CT molecular complexity index is 548. The van der Waals surface area contributed by atoms with Crippen molar-refractivity contribution in [3.63, 3.8) is 0 Å². The van der Waals surface area contributed by atoms with E-state index in [0.717, 1.165) is 36.1 Å². The van der Waals surface area contributed by atoms with E-state index in [-0.39, 0.29) is 5.91 Å². The zero-order chi connectivity index (χ0) is 15.4. The summed E-state index contributed by atoms with van der Waals surface area (Å²) in [5.41, 5.74) is 3.42. The Kier molecular flexibility index (Phi) is 5.45. The second-order valence-corrected chi connectivity index (χ2v) is 6.89. The number of carbonyl (C=O) groups excluding carboxylic acids is 1. The maximum Gasteiger partial charge on any atom is 0.226 e. The average molecular weight is 308 g/mol. The number of aromatic nitrogens is 2. The second kappa shape index (κ2) is 7.11. The summed E-state index contributed by atoms with van der Waals surface area (Å²) in [4.78, 5) is 16.2. The molecule has 0 unspecified atom stereocenters. The molecule has 1 amide bonds. The Morgan fingerprint density at radius 3 is 2.81 bits per heavy atom. The minimum absolute atomic E-state index is 0.0403. The van der Waals surface area contributed by atoms with Gasteiger partial charge in [0.25, 0.3) is 0 Å². The molecule has 21 heavy (non-hydrogen) atoms. The van der Waals surface area contributed by atoms with Crippen LogP contribution in [0.2, 0.25) is 0 Å². The molecule has 1 aliphatic heterocycles. The van der Waals surface area contributed by atoms with Gasteiger partial charge >= 0.3 is 0 Å². The molecule has 1 aromatic rings. The van der Waals surface area contributed by atoms with Crippen LogP contribution >= 0.6 is 11.8 Å². The van der Waals surface area contributed by atoms with E-state index < -0.39 is 0 Å². The fraction of sp³-hybridized carbons (Fsp3) is 0.667. The van der Waals surface area contributed by atoms with Gasteiger partial charge in [0, 0.05) is 24.4 Å². The molecular weight excluding hydrogens is 284 g/mol. The standard InChI is InChI=1S/C15H24N4OS/c1-10(2)9-19-12(4)13(11(3)18-19)5-6-14(20)17-15-16-7-8-21-15/h10H,5-9H2,1-4H3,(H,16,17,20). The van der Waals surface area contributed by atoms with Gasteiger partial charge in [0.15, 0.2) is 5.17 Å². The monoisotopic (exact) mass is 308 g/mol. The molecule has 0 fully saturated rings. The number of nitrogens with zero attached hydrogens (tertiary/aromatic N) is 3. The largest absolute Gasteiger partial charge is 0.305 e. The molecule has 0 bridgehead atoms. The van der Waals surface area contributed by atoms with Gasteiger partial charge in [-0.2, -0.15) is 5.10 Å². The van der Waals surface area contributed by atoms with Crippen molar-refractivity contribution in [2.45, 2.75) is 47.1 Å². The SMILES string of the molecule is Cc1nn(CC(C)C)c(C)c1CCC(=O)NC1=NCCS1. The molecule has 0 saturated carbocycles. The number of aryl methyl sites for hydroxylation is 1. The lowest BCUT2D eigenvalue weighted by atomic mass is 10.1. The maximum absolute atomic E-state index is 11.9. The summed E-state index contributed by atoms with van der Waals surface area (Å²) >= 11 is 1.61. The number of amidine groups is 1. The predicted molar refractivity (Wildman–Crippen MR) is 87.8 cm³/mol. The van der Waals surface area contributed by atoms with Crippen molar-refractivity contribution in [2.75, 3.05) is 12.3 Å². The Labute approximate surface area is 130 Å².